The number of thioether (sulfide) groups is 1. The molecule has 27 heavy (non-hydrogen) atoms. The average Bonchev–Trinajstić information content (AvgIpc) is 2.68. The fourth-order valence-electron chi connectivity index (χ4n) is 3.52. The van der Waals surface area contributed by atoms with Crippen molar-refractivity contribution in [1.29, 1.82) is 0 Å². The maximum absolute atomic E-state index is 12.9. The fourth-order valence-corrected chi connectivity index (χ4v) is 4.62. The Hall–Kier alpha value is -2.31. The molecule has 0 aliphatic carbocycles. The van der Waals surface area contributed by atoms with E-state index in [9.17, 15) is 9.59 Å². The van der Waals surface area contributed by atoms with Crippen molar-refractivity contribution in [3.8, 4) is 0 Å². The zero-order valence-electron chi connectivity index (χ0n) is 15.1. The molecule has 0 spiro atoms. The van der Waals surface area contributed by atoms with E-state index in [1.54, 1.807) is 0 Å². The van der Waals surface area contributed by atoms with Gasteiger partial charge >= 0.3 is 0 Å². The number of benzene rings is 2. The van der Waals surface area contributed by atoms with E-state index in [2.05, 4.69) is 5.32 Å². The molecular weight excluding hydrogens is 360 g/mol. The van der Waals surface area contributed by atoms with Gasteiger partial charge in [-0.3, -0.25) is 9.59 Å². The van der Waals surface area contributed by atoms with Gasteiger partial charge in [0.1, 0.15) is 6.10 Å². The van der Waals surface area contributed by atoms with Crippen molar-refractivity contribution in [2.45, 2.75) is 35.7 Å². The molecule has 2 amide bonds. The molecule has 4 rings (SSSR count). The van der Waals surface area contributed by atoms with E-state index in [0.717, 1.165) is 16.1 Å². The van der Waals surface area contributed by atoms with Crippen LogP contribution in [0.25, 0.3) is 0 Å². The van der Waals surface area contributed by atoms with Gasteiger partial charge in [-0.05, 0) is 24.6 Å². The smallest absolute Gasteiger partial charge is 0.238 e. The molecule has 3 unspecified atom stereocenters. The van der Waals surface area contributed by atoms with Gasteiger partial charge in [-0.25, -0.2) is 0 Å². The Bertz CT molecular complexity index is 842. The van der Waals surface area contributed by atoms with Crippen molar-refractivity contribution < 1.29 is 14.3 Å². The topological polar surface area (TPSA) is 58.6 Å². The first kappa shape index (κ1) is 18.1. The van der Waals surface area contributed by atoms with Crippen LogP contribution >= 0.6 is 11.8 Å². The predicted molar refractivity (Wildman–Crippen MR) is 106 cm³/mol. The lowest BCUT2D eigenvalue weighted by Crippen LogP contribution is -2.47. The van der Waals surface area contributed by atoms with E-state index in [0.29, 0.717) is 13.1 Å². The van der Waals surface area contributed by atoms with Gasteiger partial charge in [0.05, 0.1) is 23.6 Å². The summed E-state index contributed by atoms with van der Waals surface area (Å²) in [5.41, 5.74) is 1.89. The van der Waals surface area contributed by atoms with Crippen molar-refractivity contribution in [3.05, 3.63) is 60.2 Å². The summed E-state index contributed by atoms with van der Waals surface area (Å²) in [6, 6.07) is 17.6. The third kappa shape index (κ3) is 4.01. The molecule has 1 fully saturated rings. The van der Waals surface area contributed by atoms with Crippen LogP contribution in [0.5, 0.6) is 0 Å². The van der Waals surface area contributed by atoms with E-state index in [1.165, 1.54) is 11.8 Å². The SMILES string of the molecule is CC1CN(C(=O)CC2Sc3ccccc3NC2=O)CC(c2ccccc2)O1. The number of nitrogens with one attached hydrogen (secondary N) is 1. The summed E-state index contributed by atoms with van der Waals surface area (Å²) in [7, 11) is 0. The number of hydrogen-bond acceptors (Lipinski definition) is 4. The molecule has 0 saturated carbocycles. The van der Waals surface area contributed by atoms with Crippen LogP contribution in [0.1, 0.15) is 25.0 Å². The molecule has 0 radical (unpaired) electrons. The number of nitrogens with zero attached hydrogens (tertiary/aromatic N) is 1. The van der Waals surface area contributed by atoms with Crippen molar-refractivity contribution in [2.75, 3.05) is 18.4 Å². The average molecular weight is 382 g/mol. The summed E-state index contributed by atoms with van der Waals surface area (Å²) in [5.74, 6) is -0.105. The van der Waals surface area contributed by atoms with Crippen molar-refractivity contribution in [3.63, 3.8) is 0 Å². The molecule has 2 aromatic carbocycles. The molecule has 6 heteroatoms. The van der Waals surface area contributed by atoms with Crippen LogP contribution in [0, 0.1) is 0 Å². The van der Waals surface area contributed by atoms with Gasteiger partial charge in [0.15, 0.2) is 0 Å². The monoisotopic (exact) mass is 382 g/mol. The number of morpholine rings is 1. The van der Waals surface area contributed by atoms with Crippen LogP contribution in [0.4, 0.5) is 5.69 Å². The van der Waals surface area contributed by atoms with Gasteiger partial charge in [-0.1, -0.05) is 42.5 Å². The summed E-state index contributed by atoms with van der Waals surface area (Å²) in [6.45, 7) is 3.05. The molecular formula is C21H22N2O3S. The Morgan fingerprint density at radius 3 is 2.70 bits per heavy atom. The lowest BCUT2D eigenvalue weighted by Gasteiger charge is -2.37. The number of ether oxygens (including phenoxy) is 1. The highest BCUT2D eigenvalue weighted by Gasteiger charge is 2.34. The maximum Gasteiger partial charge on any atom is 0.238 e. The quantitative estimate of drug-likeness (QED) is 0.883. The second-order valence-electron chi connectivity index (χ2n) is 6.94. The highest BCUT2D eigenvalue weighted by molar-refractivity contribution is 8.01. The van der Waals surface area contributed by atoms with E-state index in [1.807, 2.05) is 66.4 Å². The molecule has 2 heterocycles. The third-order valence-corrected chi connectivity index (χ3v) is 6.13. The summed E-state index contributed by atoms with van der Waals surface area (Å²) in [6.07, 6.45) is 0.0212. The first-order chi connectivity index (χ1) is 13.1. The molecule has 1 saturated heterocycles. The van der Waals surface area contributed by atoms with Crippen molar-refractivity contribution >= 4 is 29.3 Å². The van der Waals surface area contributed by atoms with Crippen LogP contribution in [0.3, 0.4) is 0 Å². The van der Waals surface area contributed by atoms with Gasteiger partial charge in [0.25, 0.3) is 0 Å². The minimum atomic E-state index is -0.402. The zero-order chi connectivity index (χ0) is 18.8. The number of amides is 2. The molecule has 2 aromatic rings. The van der Waals surface area contributed by atoms with Crippen LogP contribution in [0.2, 0.25) is 0 Å². The lowest BCUT2D eigenvalue weighted by molar-refractivity contribution is -0.145. The maximum atomic E-state index is 12.9. The van der Waals surface area contributed by atoms with Crippen molar-refractivity contribution in [1.82, 2.24) is 4.90 Å². The van der Waals surface area contributed by atoms with Gasteiger partial charge in [0, 0.05) is 17.9 Å². The Labute approximate surface area is 163 Å². The van der Waals surface area contributed by atoms with Crippen LogP contribution in [0.15, 0.2) is 59.5 Å². The van der Waals surface area contributed by atoms with E-state index < -0.39 is 5.25 Å². The molecule has 3 atom stereocenters. The number of hydrogen-bond donors (Lipinski definition) is 1. The first-order valence-electron chi connectivity index (χ1n) is 9.15. The van der Waals surface area contributed by atoms with Gasteiger partial charge in [-0.15, -0.1) is 11.8 Å². The first-order valence-corrected chi connectivity index (χ1v) is 10.0. The molecule has 5 nitrogen and oxygen atoms in total. The number of fused-ring (bicyclic) bond motifs is 1. The minimum Gasteiger partial charge on any atom is -0.367 e. The molecule has 2 aliphatic rings. The van der Waals surface area contributed by atoms with Crippen LogP contribution in [-0.4, -0.2) is 41.2 Å². The second-order valence-corrected chi connectivity index (χ2v) is 8.19. The Kier molecular flexibility index (Phi) is 5.18. The molecule has 140 valence electrons. The minimum absolute atomic E-state index is 0.00175. The number of para-hydroxylation sites is 1. The Balaban J connectivity index is 1.44. The van der Waals surface area contributed by atoms with Crippen molar-refractivity contribution in [2.24, 2.45) is 0 Å². The van der Waals surface area contributed by atoms with Crippen LogP contribution in [-0.2, 0) is 14.3 Å². The molecule has 1 N–H and O–H groups in total. The largest absolute Gasteiger partial charge is 0.367 e. The number of anilines is 1. The number of rotatable bonds is 3. The van der Waals surface area contributed by atoms with E-state index in [-0.39, 0.29) is 30.4 Å². The summed E-state index contributed by atoms with van der Waals surface area (Å²) >= 11 is 1.46. The van der Waals surface area contributed by atoms with E-state index in [4.69, 9.17) is 4.74 Å². The van der Waals surface area contributed by atoms with E-state index >= 15 is 0 Å². The third-order valence-electron chi connectivity index (χ3n) is 4.85. The Morgan fingerprint density at radius 1 is 1.15 bits per heavy atom. The summed E-state index contributed by atoms with van der Waals surface area (Å²) < 4.78 is 6.03. The number of carbonyl (C=O) groups is 2. The van der Waals surface area contributed by atoms with Crippen LogP contribution < -0.4 is 5.32 Å². The van der Waals surface area contributed by atoms with Gasteiger partial charge in [-0.2, -0.15) is 0 Å². The molecule has 2 aliphatic heterocycles. The highest BCUT2D eigenvalue weighted by Crippen LogP contribution is 2.37. The highest BCUT2D eigenvalue weighted by atomic mass is 32.2. The zero-order valence-corrected chi connectivity index (χ0v) is 15.9. The van der Waals surface area contributed by atoms with Gasteiger partial charge in [0.2, 0.25) is 11.8 Å². The second kappa shape index (κ2) is 7.74. The lowest BCUT2D eigenvalue weighted by atomic mass is 10.1. The molecule has 0 bridgehead atoms. The molecule has 0 aromatic heterocycles. The Morgan fingerprint density at radius 2 is 1.89 bits per heavy atom. The number of carbonyl (C=O) groups excluding carboxylic acids is 2. The standard InChI is InChI=1S/C21H22N2O3S/c1-14-12-23(13-17(26-14)15-7-3-2-4-8-15)20(24)11-19-21(25)22-16-9-5-6-10-18(16)27-19/h2-10,14,17,19H,11-13H2,1H3,(H,22,25). The fraction of sp³-hybridized carbons (Fsp3) is 0.333. The predicted octanol–water partition coefficient (Wildman–Crippen LogP) is 3.48. The van der Waals surface area contributed by atoms with Gasteiger partial charge < -0.3 is 15.0 Å². The normalized spacial score (nSPS) is 24.9. The summed E-state index contributed by atoms with van der Waals surface area (Å²) in [5, 5.41) is 2.50. The summed E-state index contributed by atoms with van der Waals surface area (Å²) in [4.78, 5) is 28.2.